The molecule has 0 amide bonds. The molecule has 1 aliphatic heterocycles. The fourth-order valence-corrected chi connectivity index (χ4v) is 2.70. The zero-order valence-electron chi connectivity index (χ0n) is 11.7. The first-order valence-electron chi connectivity index (χ1n) is 7.00. The van der Waals surface area contributed by atoms with Crippen molar-refractivity contribution in [2.75, 3.05) is 26.7 Å². The molecule has 0 spiro atoms. The Morgan fingerprint density at radius 1 is 1.25 bits per heavy atom. The second-order valence-electron chi connectivity index (χ2n) is 5.60. The molecule has 1 N–H and O–H groups in total. The molecule has 20 heavy (non-hydrogen) atoms. The zero-order valence-corrected chi connectivity index (χ0v) is 11.7. The Balaban J connectivity index is 1.86. The van der Waals surface area contributed by atoms with Crippen molar-refractivity contribution in [3.63, 3.8) is 0 Å². The molecule has 0 aliphatic carbocycles. The van der Waals surface area contributed by atoms with Gasteiger partial charge in [0.1, 0.15) is 0 Å². The van der Waals surface area contributed by atoms with Gasteiger partial charge in [-0.3, -0.25) is 0 Å². The number of halogens is 3. The van der Waals surface area contributed by atoms with Crippen molar-refractivity contribution >= 4 is 0 Å². The van der Waals surface area contributed by atoms with E-state index < -0.39 is 11.7 Å². The Hall–Kier alpha value is -1.07. The van der Waals surface area contributed by atoms with Crippen LogP contribution < -0.4 is 5.32 Å². The molecule has 1 heterocycles. The van der Waals surface area contributed by atoms with E-state index in [1.54, 1.807) is 12.1 Å². The van der Waals surface area contributed by atoms with Crippen LogP contribution in [-0.4, -0.2) is 31.6 Å². The number of nitrogens with zero attached hydrogens (tertiary/aromatic N) is 1. The molecule has 1 atom stereocenters. The summed E-state index contributed by atoms with van der Waals surface area (Å²) in [5, 5.41) is 3.38. The van der Waals surface area contributed by atoms with Crippen molar-refractivity contribution in [2.45, 2.75) is 25.6 Å². The SMILES string of the molecule is CN(Cc1ccc(C(F)(F)F)cc1)CC1CCCNC1. The van der Waals surface area contributed by atoms with Crippen LogP contribution in [0.2, 0.25) is 0 Å². The Bertz CT molecular complexity index is 408. The second-order valence-corrected chi connectivity index (χ2v) is 5.60. The van der Waals surface area contributed by atoms with Crippen LogP contribution in [0.25, 0.3) is 0 Å². The van der Waals surface area contributed by atoms with Crippen molar-refractivity contribution in [1.29, 1.82) is 0 Å². The van der Waals surface area contributed by atoms with Crippen molar-refractivity contribution < 1.29 is 13.2 Å². The lowest BCUT2D eigenvalue weighted by Gasteiger charge is -2.27. The lowest BCUT2D eigenvalue weighted by Crippen LogP contribution is -2.36. The third-order valence-electron chi connectivity index (χ3n) is 3.70. The summed E-state index contributed by atoms with van der Waals surface area (Å²) < 4.78 is 37.4. The molecule has 1 saturated heterocycles. The Morgan fingerprint density at radius 2 is 1.95 bits per heavy atom. The highest BCUT2D eigenvalue weighted by Gasteiger charge is 2.29. The van der Waals surface area contributed by atoms with E-state index in [4.69, 9.17) is 0 Å². The van der Waals surface area contributed by atoms with Crippen molar-refractivity contribution in [3.05, 3.63) is 35.4 Å². The minimum absolute atomic E-state index is 0.583. The van der Waals surface area contributed by atoms with E-state index in [1.807, 2.05) is 7.05 Å². The molecule has 1 aliphatic rings. The molecule has 0 aromatic heterocycles. The summed E-state index contributed by atoms with van der Waals surface area (Å²) >= 11 is 0. The van der Waals surface area contributed by atoms with E-state index in [0.29, 0.717) is 12.5 Å². The quantitative estimate of drug-likeness (QED) is 0.915. The molecular formula is C15H21F3N2. The summed E-state index contributed by atoms with van der Waals surface area (Å²) in [6.45, 7) is 3.80. The van der Waals surface area contributed by atoms with Gasteiger partial charge in [0.25, 0.3) is 0 Å². The first kappa shape index (κ1) is 15.3. The van der Waals surface area contributed by atoms with Crippen molar-refractivity contribution in [3.8, 4) is 0 Å². The number of benzene rings is 1. The number of hydrogen-bond donors (Lipinski definition) is 1. The van der Waals surface area contributed by atoms with Crippen LogP contribution >= 0.6 is 0 Å². The Kier molecular flexibility index (Phi) is 5.05. The Labute approximate surface area is 118 Å². The van der Waals surface area contributed by atoms with Gasteiger partial charge >= 0.3 is 6.18 Å². The van der Waals surface area contributed by atoms with E-state index in [0.717, 1.165) is 37.3 Å². The smallest absolute Gasteiger partial charge is 0.316 e. The van der Waals surface area contributed by atoms with E-state index in [2.05, 4.69) is 10.2 Å². The molecule has 5 heteroatoms. The number of alkyl halides is 3. The molecule has 1 aromatic rings. The highest BCUT2D eigenvalue weighted by atomic mass is 19.4. The monoisotopic (exact) mass is 286 g/mol. The van der Waals surface area contributed by atoms with Gasteiger partial charge in [0.05, 0.1) is 5.56 Å². The molecule has 0 radical (unpaired) electrons. The van der Waals surface area contributed by atoms with Crippen LogP contribution in [0.1, 0.15) is 24.0 Å². The van der Waals surface area contributed by atoms with Crippen LogP contribution in [-0.2, 0) is 12.7 Å². The topological polar surface area (TPSA) is 15.3 Å². The number of nitrogens with one attached hydrogen (secondary N) is 1. The first-order valence-corrected chi connectivity index (χ1v) is 7.00. The summed E-state index contributed by atoms with van der Waals surface area (Å²) in [4.78, 5) is 2.18. The van der Waals surface area contributed by atoms with Crippen LogP contribution in [0, 0.1) is 5.92 Å². The Morgan fingerprint density at radius 3 is 2.50 bits per heavy atom. The predicted molar refractivity (Wildman–Crippen MR) is 73.4 cm³/mol. The van der Waals surface area contributed by atoms with Gasteiger partial charge in [0.15, 0.2) is 0 Å². The summed E-state index contributed by atoms with van der Waals surface area (Å²) in [6.07, 6.45) is -1.82. The lowest BCUT2D eigenvalue weighted by atomic mass is 9.99. The van der Waals surface area contributed by atoms with Gasteiger partial charge < -0.3 is 10.2 Å². The number of hydrogen-bond acceptors (Lipinski definition) is 2. The third-order valence-corrected chi connectivity index (χ3v) is 3.70. The fraction of sp³-hybridized carbons (Fsp3) is 0.600. The van der Waals surface area contributed by atoms with Crippen LogP contribution in [0.15, 0.2) is 24.3 Å². The summed E-state index contributed by atoms with van der Waals surface area (Å²) in [7, 11) is 2.02. The van der Waals surface area contributed by atoms with Crippen molar-refractivity contribution in [1.82, 2.24) is 10.2 Å². The second kappa shape index (κ2) is 6.59. The van der Waals surface area contributed by atoms with Crippen LogP contribution in [0.4, 0.5) is 13.2 Å². The highest BCUT2D eigenvalue weighted by molar-refractivity contribution is 5.24. The third kappa shape index (κ3) is 4.49. The summed E-state index contributed by atoms with van der Waals surface area (Å²) in [5.74, 6) is 0.642. The van der Waals surface area contributed by atoms with Gasteiger partial charge in [-0.15, -0.1) is 0 Å². The van der Waals surface area contributed by atoms with Crippen LogP contribution in [0.5, 0.6) is 0 Å². The van der Waals surface area contributed by atoms with E-state index in [9.17, 15) is 13.2 Å². The summed E-state index contributed by atoms with van der Waals surface area (Å²) in [5.41, 5.74) is 0.338. The van der Waals surface area contributed by atoms with Crippen molar-refractivity contribution in [2.24, 2.45) is 5.92 Å². The van der Waals surface area contributed by atoms with Gasteiger partial charge in [0.2, 0.25) is 0 Å². The minimum Gasteiger partial charge on any atom is -0.316 e. The summed E-state index contributed by atoms with van der Waals surface area (Å²) in [6, 6.07) is 5.45. The molecule has 0 bridgehead atoms. The van der Waals surface area contributed by atoms with Crippen LogP contribution in [0.3, 0.4) is 0 Å². The lowest BCUT2D eigenvalue weighted by molar-refractivity contribution is -0.137. The first-order chi connectivity index (χ1) is 9.45. The zero-order chi connectivity index (χ0) is 14.6. The van der Waals surface area contributed by atoms with Gasteiger partial charge in [-0.1, -0.05) is 12.1 Å². The minimum atomic E-state index is -4.25. The average Bonchev–Trinajstić information content (AvgIpc) is 2.39. The molecule has 2 nitrogen and oxygen atoms in total. The van der Waals surface area contributed by atoms with E-state index >= 15 is 0 Å². The standard InChI is InChI=1S/C15H21F3N2/c1-20(11-13-3-2-8-19-9-13)10-12-4-6-14(7-5-12)15(16,17)18/h4-7,13,19H,2-3,8-11H2,1H3. The van der Waals surface area contributed by atoms with E-state index in [-0.39, 0.29) is 0 Å². The maximum atomic E-state index is 12.5. The molecule has 0 saturated carbocycles. The number of rotatable bonds is 4. The molecule has 1 fully saturated rings. The maximum absolute atomic E-state index is 12.5. The molecule has 2 rings (SSSR count). The largest absolute Gasteiger partial charge is 0.416 e. The predicted octanol–water partition coefficient (Wildman–Crippen LogP) is 3.14. The molecule has 112 valence electrons. The highest BCUT2D eigenvalue weighted by Crippen LogP contribution is 2.29. The molecular weight excluding hydrogens is 265 g/mol. The van der Waals surface area contributed by atoms with Gasteiger partial charge in [-0.05, 0) is 56.6 Å². The average molecular weight is 286 g/mol. The number of piperidine rings is 1. The van der Waals surface area contributed by atoms with Gasteiger partial charge in [-0.2, -0.15) is 13.2 Å². The van der Waals surface area contributed by atoms with E-state index in [1.165, 1.54) is 12.8 Å². The van der Waals surface area contributed by atoms with Gasteiger partial charge in [-0.25, -0.2) is 0 Å². The normalized spacial score (nSPS) is 20.4. The maximum Gasteiger partial charge on any atom is 0.416 e. The molecule has 1 aromatic carbocycles. The van der Waals surface area contributed by atoms with Gasteiger partial charge in [0, 0.05) is 13.1 Å². The fourth-order valence-electron chi connectivity index (χ4n) is 2.70. The molecule has 1 unspecified atom stereocenters.